The zero-order valence-corrected chi connectivity index (χ0v) is 13.2. The first kappa shape index (κ1) is 16.3. The highest BCUT2D eigenvalue weighted by atomic mass is 32.2. The predicted octanol–water partition coefficient (Wildman–Crippen LogP) is 2.10. The minimum atomic E-state index is -4.02. The maximum Gasteiger partial charge on any atom is 0.246 e. The van der Waals surface area contributed by atoms with Crippen molar-refractivity contribution in [2.45, 2.75) is 37.8 Å². The lowest BCUT2D eigenvalue weighted by molar-refractivity contribution is 0.398. The van der Waals surface area contributed by atoms with Crippen LogP contribution >= 0.6 is 0 Å². The standard InChI is InChI=1S/C14H20F2N2O2S/c1-9-4-10(2)18(8-9)21(19,20)13-6-11(7-17-3)5-12(15)14(13)16/h5-6,9-10,17H,4,7-8H2,1-3H3. The van der Waals surface area contributed by atoms with E-state index in [-0.39, 0.29) is 18.5 Å². The molecule has 21 heavy (non-hydrogen) atoms. The van der Waals surface area contributed by atoms with Gasteiger partial charge in [-0.15, -0.1) is 0 Å². The molecule has 2 unspecified atom stereocenters. The highest BCUT2D eigenvalue weighted by molar-refractivity contribution is 7.89. The summed E-state index contributed by atoms with van der Waals surface area (Å²) in [6, 6.07) is 2.02. The van der Waals surface area contributed by atoms with Crippen LogP contribution in [0.25, 0.3) is 0 Å². The largest absolute Gasteiger partial charge is 0.316 e. The molecule has 0 aliphatic carbocycles. The monoisotopic (exact) mass is 318 g/mol. The molecular formula is C14H20F2N2O2S. The Kier molecular flexibility index (Phi) is 4.65. The topological polar surface area (TPSA) is 49.4 Å². The van der Waals surface area contributed by atoms with Gasteiger partial charge in [-0.3, -0.25) is 0 Å². The second-order valence-corrected chi connectivity index (χ2v) is 7.54. The van der Waals surface area contributed by atoms with E-state index in [2.05, 4.69) is 5.32 Å². The summed E-state index contributed by atoms with van der Waals surface area (Å²) >= 11 is 0. The Morgan fingerprint density at radius 1 is 1.33 bits per heavy atom. The van der Waals surface area contributed by atoms with Crippen molar-refractivity contribution in [3.05, 3.63) is 29.3 Å². The minimum Gasteiger partial charge on any atom is -0.316 e. The smallest absolute Gasteiger partial charge is 0.246 e. The van der Waals surface area contributed by atoms with Gasteiger partial charge in [-0.2, -0.15) is 4.31 Å². The molecule has 1 aliphatic rings. The molecular weight excluding hydrogens is 298 g/mol. The molecule has 4 nitrogen and oxygen atoms in total. The fourth-order valence-electron chi connectivity index (χ4n) is 2.83. The molecule has 0 saturated carbocycles. The molecule has 1 fully saturated rings. The average Bonchev–Trinajstić information content (AvgIpc) is 2.73. The van der Waals surface area contributed by atoms with Crippen molar-refractivity contribution in [3.8, 4) is 0 Å². The number of nitrogens with zero attached hydrogens (tertiary/aromatic N) is 1. The second-order valence-electron chi connectivity index (χ2n) is 5.68. The zero-order valence-electron chi connectivity index (χ0n) is 12.4. The highest BCUT2D eigenvalue weighted by Crippen LogP contribution is 2.31. The Labute approximate surface area is 124 Å². The SMILES string of the molecule is CNCc1cc(F)c(F)c(S(=O)(=O)N2CC(C)CC2C)c1. The molecule has 1 N–H and O–H groups in total. The number of rotatable bonds is 4. The first-order valence-corrected chi connectivity index (χ1v) is 8.35. The number of hydrogen-bond acceptors (Lipinski definition) is 3. The van der Waals surface area contributed by atoms with E-state index >= 15 is 0 Å². The van der Waals surface area contributed by atoms with Crippen LogP contribution in [0.15, 0.2) is 17.0 Å². The van der Waals surface area contributed by atoms with Gasteiger partial charge in [0.05, 0.1) is 0 Å². The summed E-state index contributed by atoms with van der Waals surface area (Å²) in [5.41, 5.74) is 0.398. The van der Waals surface area contributed by atoms with Gasteiger partial charge in [0.1, 0.15) is 4.90 Å². The van der Waals surface area contributed by atoms with Gasteiger partial charge in [0.15, 0.2) is 11.6 Å². The summed E-state index contributed by atoms with van der Waals surface area (Å²) in [7, 11) is -2.37. The van der Waals surface area contributed by atoms with E-state index < -0.39 is 26.6 Å². The van der Waals surface area contributed by atoms with Crippen molar-refractivity contribution in [1.82, 2.24) is 9.62 Å². The van der Waals surface area contributed by atoms with Crippen LogP contribution in [-0.4, -0.2) is 32.4 Å². The second kappa shape index (κ2) is 5.98. The van der Waals surface area contributed by atoms with Crippen molar-refractivity contribution in [3.63, 3.8) is 0 Å². The molecule has 0 bridgehead atoms. The molecule has 0 aromatic heterocycles. The third kappa shape index (κ3) is 3.09. The van der Waals surface area contributed by atoms with Crippen LogP contribution in [0.5, 0.6) is 0 Å². The van der Waals surface area contributed by atoms with E-state index in [0.717, 1.165) is 12.5 Å². The summed E-state index contributed by atoms with van der Waals surface area (Å²) in [5.74, 6) is -2.23. The molecule has 1 aliphatic heterocycles. The number of halogens is 2. The predicted molar refractivity (Wildman–Crippen MR) is 76.3 cm³/mol. The molecule has 1 aromatic rings. The van der Waals surface area contributed by atoms with Crippen LogP contribution in [0.3, 0.4) is 0 Å². The van der Waals surface area contributed by atoms with Crippen molar-refractivity contribution < 1.29 is 17.2 Å². The van der Waals surface area contributed by atoms with Gasteiger partial charge < -0.3 is 5.32 Å². The lowest BCUT2D eigenvalue weighted by atomic mass is 10.1. The van der Waals surface area contributed by atoms with E-state index in [4.69, 9.17) is 0 Å². The summed E-state index contributed by atoms with van der Waals surface area (Å²) in [6.45, 7) is 4.33. The number of nitrogens with one attached hydrogen (secondary N) is 1. The normalized spacial score (nSPS) is 23.7. The van der Waals surface area contributed by atoms with Gasteiger partial charge in [0.2, 0.25) is 10.0 Å². The molecule has 1 heterocycles. The molecule has 0 amide bonds. The molecule has 1 aromatic carbocycles. The molecule has 7 heteroatoms. The van der Waals surface area contributed by atoms with Crippen molar-refractivity contribution in [2.24, 2.45) is 5.92 Å². The van der Waals surface area contributed by atoms with E-state index in [0.29, 0.717) is 12.1 Å². The fourth-order valence-corrected chi connectivity index (χ4v) is 4.72. The Hall–Kier alpha value is -1.05. The van der Waals surface area contributed by atoms with E-state index in [1.54, 1.807) is 14.0 Å². The first-order chi connectivity index (χ1) is 9.77. The fraction of sp³-hybridized carbons (Fsp3) is 0.571. The molecule has 0 spiro atoms. The van der Waals surface area contributed by atoms with Gasteiger partial charge in [0.25, 0.3) is 0 Å². The van der Waals surface area contributed by atoms with Gasteiger partial charge in [0, 0.05) is 19.1 Å². The summed E-state index contributed by atoms with van der Waals surface area (Å²) < 4.78 is 54.2. The Morgan fingerprint density at radius 3 is 2.52 bits per heavy atom. The van der Waals surface area contributed by atoms with Crippen LogP contribution in [-0.2, 0) is 16.6 Å². The summed E-state index contributed by atoms with van der Waals surface area (Å²) in [6.07, 6.45) is 0.722. The van der Waals surface area contributed by atoms with Gasteiger partial charge in [-0.05, 0) is 44.0 Å². The number of sulfonamides is 1. The third-order valence-electron chi connectivity index (χ3n) is 3.75. The minimum absolute atomic E-state index is 0.208. The molecule has 2 rings (SSSR count). The van der Waals surface area contributed by atoms with E-state index in [1.807, 2.05) is 6.92 Å². The molecule has 118 valence electrons. The van der Waals surface area contributed by atoms with Crippen LogP contribution in [0, 0.1) is 17.6 Å². The average molecular weight is 318 g/mol. The summed E-state index contributed by atoms with van der Waals surface area (Å²) in [5, 5.41) is 2.80. The van der Waals surface area contributed by atoms with Gasteiger partial charge >= 0.3 is 0 Å². The Bertz CT molecular complexity index is 634. The molecule has 1 saturated heterocycles. The molecule has 2 atom stereocenters. The highest BCUT2D eigenvalue weighted by Gasteiger charge is 2.38. The maximum absolute atomic E-state index is 14.0. The van der Waals surface area contributed by atoms with E-state index in [1.165, 1.54) is 10.4 Å². The van der Waals surface area contributed by atoms with Crippen molar-refractivity contribution >= 4 is 10.0 Å². The van der Waals surface area contributed by atoms with Gasteiger partial charge in [-0.25, -0.2) is 17.2 Å². The van der Waals surface area contributed by atoms with Crippen molar-refractivity contribution in [1.29, 1.82) is 0 Å². The lowest BCUT2D eigenvalue weighted by Gasteiger charge is -2.21. The lowest BCUT2D eigenvalue weighted by Crippen LogP contribution is -2.34. The maximum atomic E-state index is 14.0. The zero-order chi connectivity index (χ0) is 15.8. The van der Waals surface area contributed by atoms with Crippen LogP contribution in [0.2, 0.25) is 0 Å². The van der Waals surface area contributed by atoms with Crippen LogP contribution < -0.4 is 5.32 Å². The van der Waals surface area contributed by atoms with Crippen LogP contribution in [0.4, 0.5) is 8.78 Å². The van der Waals surface area contributed by atoms with Crippen molar-refractivity contribution in [2.75, 3.05) is 13.6 Å². The number of benzene rings is 1. The molecule has 0 radical (unpaired) electrons. The van der Waals surface area contributed by atoms with Crippen LogP contribution in [0.1, 0.15) is 25.8 Å². The van der Waals surface area contributed by atoms with E-state index in [9.17, 15) is 17.2 Å². The first-order valence-electron chi connectivity index (χ1n) is 6.91. The third-order valence-corrected chi connectivity index (χ3v) is 5.73. The quantitative estimate of drug-likeness (QED) is 0.925. The van der Waals surface area contributed by atoms with Gasteiger partial charge in [-0.1, -0.05) is 6.92 Å². The number of hydrogen-bond donors (Lipinski definition) is 1. The Morgan fingerprint density at radius 2 is 2.00 bits per heavy atom. The summed E-state index contributed by atoms with van der Waals surface area (Å²) in [4.78, 5) is -0.575. The Balaban J connectivity index is 2.49.